The summed E-state index contributed by atoms with van der Waals surface area (Å²) >= 11 is 0. The summed E-state index contributed by atoms with van der Waals surface area (Å²) in [5.41, 5.74) is 1.09. The first-order valence-electron chi connectivity index (χ1n) is 9.90. The molecule has 32 heavy (non-hydrogen) atoms. The SMILES string of the molecule is Cc1c(C(=O)N2CCN(S(=O)(=O)c3ccc(C(F)(F)F)cc3)CC2)ccc2cccnc12. The Balaban J connectivity index is 1.48. The molecule has 1 fully saturated rings. The Morgan fingerprint density at radius 3 is 2.25 bits per heavy atom. The fourth-order valence-corrected chi connectivity index (χ4v) is 5.21. The first kappa shape index (κ1) is 22.2. The van der Waals surface area contributed by atoms with E-state index in [1.165, 1.54) is 4.31 Å². The van der Waals surface area contributed by atoms with Crippen LogP contribution < -0.4 is 0 Å². The number of carbonyl (C=O) groups is 1. The van der Waals surface area contributed by atoms with Gasteiger partial charge in [-0.15, -0.1) is 0 Å². The Kier molecular flexibility index (Phi) is 5.68. The molecule has 0 unspecified atom stereocenters. The summed E-state index contributed by atoms with van der Waals surface area (Å²) in [4.78, 5) is 18.8. The lowest BCUT2D eigenvalue weighted by atomic mass is 10.0. The van der Waals surface area contributed by atoms with Crippen molar-refractivity contribution in [1.29, 1.82) is 0 Å². The van der Waals surface area contributed by atoms with Crippen LogP contribution in [0.1, 0.15) is 21.5 Å². The molecule has 0 radical (unpaired) electrons. The number of halogens is 3. The van der Waals surface area contributed by atoms with E-state index in [0.29, 0.717) is 5.56 Å². The molecule has 1 aliphatic rings. The Morgan fingerprint density at radius 1 is 0.969 bits per heavy atom. The van der Waals surface area contributed by atoms with Crippen molar-refractivity contribution in [2.75, 3.05) is 26.2 Å². The van der Waals surface area contributed by atoms with E-state index in [4.69, 9.17) is 0 Å². The molecule has 0 aliphatic carbocycles. The predicted octanol–water partition coefficient (Wildman–Crippen LogP) is 3.71. The molecule has 168 valence electrons. The summed E-state index contributed by atoms with van der Waals surface area (Å²) in [6, 6.07) is 10.7. The van der Waals surface area contributed by atoms with Crippen LogP contribution in [0, 0.1) is 6.92 Å². The number of benzene rings is 2. The van der Waals surface area contributed by atoms with Gasteiger partial charge in [0.15, 0.2) is 0 Å². The average Bonchev–Trinajstić information content (AvgIpc) is 2.79. The van der Waals surface area contributed by atoms with Gasteiger partial charge in [0.05, 0.1) is 16.0 Å². The van der Waals surface area contributed by atoms with E-state index < -0.39 is 21.8 Å². The maximum absolute atomic E-state index is 13.0. The van der Waals surface area contributed by atoms with Crippen molar-refractivity contribution in [3.05, 3.63) is 71.4 Å². The molecule has 1 aliphatic heterocycles. The molecule has 0 bridgehead atoms. The number of piperazine rings is 1. The number of hydrogen-bond donors (Lipinski definition) is 0. The second-order valence-corrected chi connectivity index (χ2v) is 9.47. The molecule has 2 aromatic carbocycles. The van der Waals surface area contributed by atoms with Gasteiger partial charge in [-0.3, -0.25) is 9.78 Å². The highest BCUT2D eigenvalue weighted by Gasteiger charge is 2.33. The molecule has 6 nitrogen and oxygen atoms in total. The van der Waals surface area contributed by atoms with Gasteiger partial charge in [0.25, 0.3) is 5.91 Å². The van der Waals surface area contributed by atoms with Crippen molar-refractivity contribution in [3.8, 4) is 0 Å². The summed E-state index contributed by atoms with van der Waals surface area (Å²) in [6.07, 6.45) is -2.88. The van der Waals surface area contributed by atoms with E-state index in [0.717, 1.165) is 40.7 Å². The Morgan fingerprint density at radius 2 is 1.62 bits per heavy atom. The number of aromatic nitrogens is 1. The molecular formula is C22H20F3N3O3S. The highest BCUT2D eigenvalue weighted by Crippen LogP contribution is 2.30. The third kappa shape index (κ3) is 4.07. The number of sulfonamides is 1. The van der Waals surface area contributed by atoms with Crippen molar-refractivity contribution >= 4 is 26.8 Å². The third-order valence-corrected chi connectivity index (χ3v) is 7.52. The number of pyridine rings is 1. The van der Waals surface area contributed by atoms with Gasteiger partial charge in [0.2, 0.25) is 10.0 Å². The summed E-state index contributed by atoms with van der Waals surface area (Å²) in [5, 5.41) is 0.925. The second-order valence-electron chi connectivity index (χ2n) is 7.53. The minimum absolute atomic E-state index is 0.0555. The van der Waals surface area contributed by atoms with E-state index in [1.54, 1.807) is 17.2 Å². The van der Waals surface area contributed by atoms with Gasteiger partial charge in [-0.05, 0) is 48.9 Å². The topological polar surface area (TPSA) is 70.6 Å². The lowest BCUT2D eigenvalue weighted by Gasteiger charge is -2.34. The molecule has 4 rings (SSSR count). The van der Waals surface area contributed by atoms with Crippen LogP contribution in [-0.2, 0) is 16.2 Å². The van der Waals surface area contributed by atoms with Gasteiger partial charge in [0, 0.05) is 43.3 Å². The molecule has 1 amide bonds. The molecule has 1 aromatic heterocycles. The van der Waals surface area contributed by atoms with Crippen molar-refractivity contribution in [1.82, 2.24) is 14.2 Å². The molecule has 1 saturated heterocycles. The van der Waals surface area contributed by atoms with Gasteiger partial charge in [-0.1, -0.05) is 12.1 Å². The van der Waals surface area contributed by atoms with Crippen LogP contribution in [0.25, 0.3) is 10.9 Å². The highest BCUT2D eigenvalue weighted by atomic mass is 32.2. The highest BCUT2D eigenvalue weighted by molar-refractivity contribution is 7.89. The van der Waals surface area contributed by atoms with Crippen LogP contribution in [0.2, 0.25) is 0 Å². The minimum atomic E-state index is -4.54. The average molecular weight is 463 g/mol. The quantitative estimate of drug-likeness (QED) is 0.594. The molecule has 0 spiro atoms. The van der Waals surface area contributed by atoms with Crippen molar-refractivity contribution in [2.24, 2.45) is 0 Å². The summed E-state index contributed by atoms with van der Waals surface area (Å²) in [5.74, 6) is -0.207. The van der Waals surface area contributed by atoms with E-state index in [9.17, 15) is 26.4 Å². The zero-order valence-corrected chi connectivity index (χ0v) is 17.9. The lowest BCUT2D eigenvalue weighted by molar-refractivity contribution is -0.137. The molecule has 10 heteroatoms. The maximum Gasteiger partial charge on any atom is 0.416 e. The van der Waals surface area contributed by atoms with Crippen LogP contribution in [0.4, 0.5) is 13.2 Å². The van der Waals surface area contributed by atoms with Gasteiger partial charge in [-0.2, -0.15) is 17.5 Å². The largest absolute Gasteiger partial charge is 0.416 e. The number of rotatable bonds is 3. The zero-order valence-electron chi connectivity index (χ0n) is 17.1. The normalized spacial score (nSPS) is 15.8. The number of fused-ring (bicyclic) bond motifs is 1. The number of nitrogens with zero attached hydrogens (tertiary/aromatic N) is 3. The zero-order chi connectivity index (χ0) is 23.1. The van der Waals surface area contributed by atoms with Gasteiger partial charge >= 0.3 is 6.18 Å². The lowest BCUT2D eigenvalue weighted by Crippen LogP contribution is -2.50. The standard InChI is InChI=1S/C22H20F3N3O3S/c1-15-19(9-4-16-3-2-10-26-20(15)16)21(29)27-11-13-28(14-12-27)32(30,31)18-7-5-17(6-8-18)22(23,24)25/h2-10H,11-14H2,1H3. The fourth-order valence-electron chi connectivity index (χ4n) is 3.79. The molecule has 0 N–H and O–H groups in total. The van der Waals surface area contributed by atoms with Crippen molar-refractivity contribution in [2.45, 2.75) is 18.0 Å². The summed E-state index contributed by atoms with van der Waals surface area (Å²) in [6.45, 7) is 2.30. The Hall–Kier alpha value is -2.98. The second kappa shape index (κ2) is 8.18. The number of alkyl halides is 3. The molecule has 3 aromatic rings. The minimum Gasteiger partial charge on any atom is -0.336 e. The first-order valence-corrected chi connectivity index (χ1v) is 11.3. The van der Waals surface area contributed by atoms with Crippen LogP contribution in [0.5, 0.6) is 0 Å². The van der Waals surface area contributed by atoms with E-state index in [-0.39, 0.29) is 37.0 Å². The van der Waals surface area contributed by atoms with Crippen LogP contribution in [0.15, 0.2) is 59.6 Å². The maximum atomic E-state index is 13.0. The fraction of sp³-hybridized carbons (Fsp3) is 0.273. The number of carbonyl (C=O) groups excluding carboxylic acids is 1. The van der Waals surface area contributed by atoms with E-state index in [1.807, 2.05) is 25.1 Å². The smallest absolute Gasteiger partial charge is 0.336 e. The summed E-state index contributed by atoms with van der Waals surface area (Å²) < 4.78 is 65.1. The van der Waals surface area contributed by atoms with Crippen LogP contribution in [0.3, 0.4) is 0 Å². The Labute approximate surface area is 183 Å². The van der Waals surface area contributed by atoms with Gasteiger partial charge in [-0.25, -0.2) is 8.42 Å². The first-order chi connectivity index (χ1) is 15.1. The van der Waals surface area contributed by atoms with Crippen LogP contribution in [-0.4, -0.2) is 54.7 Å². The monoisotopic (exact) mass is 463 g/mol. The summed E-state index contributed by atoms with van der Waals surface area (Å²) in [7, 11) is -3.96. The van der Waals surface area contributed by atoms with Gasteiger partial charge < -0.3 is 4.90 Å². The molecular weight excluding hydrogens is 443 g/mol. The van der Waals surface area contributed by atoms with Crippen molar-refractivity contribution < 1.29 is 26.4 Å². The van der Waals surface area contributed by atoms with Crippen LogP contribution >= 0.6 is 0 Å². The molecule has 0 saturated carbocycles. The number of aryl methyl sites for hydroxylation is 1. The Bertz CT molecular complexity index is 1270. The van der Waals surface area contributed by atoms with Crippen molar-refractivity contribution in [3.63, 3.8) is 0 Å². The van der Waals surface area contributed by atoms with E-state index in [2.05, 4.69) is 4.98 Å². The molecule has 2 heterocycles. The number of amides is 1. The van der Waals surface area contributed by atoms with Gasteiger partial charge in [0.1, 0.15) is 0 Å². The number of hydrogen-bond acceptors (Lipinski definition) is 4. The molecule has 0 atom stereocenters. The predicted molar refractivity (Wildman–Crippen MR) is 113 cm³/mol. The third-order valence-electron chi connectivity index (χ3n) is 5.60. The van der Waals surface area contributed by atoms with E-state index >= 15 is 0 Å².